The zero-order valence-corrected chi connectivity index (χ0v) is 15.0. The highest BCUT2D eigenvalue weighted by molar-refractivity contribution is 6.30. The van der Waals surface area contributed by atoms with Crippen LogP contribution in [0.4, 0.5) is 10.5 Å². The van der Waals surface area contributed by atoms with Crippen molar-refractivity contribution in [1.29, 1.82) is 0 Å². The number of amides is 2. The van der Waals surface area contributed by atoms with Crippen LogP contribution in [-0.2, 0) is 6.54 Å². The zero-order valence-electron chi connectivity index (χ0n) is 14.2. The number of hydrogen-bond donors (Lipinski definition) is 1. The number of rotatable bonds is 4. The van der Waals surface area contributed by atoms with E-state index in [0.717, 1.165) is 31.1 Å². The number of hydrogen-bond acceptors (Lipinski definition) is 3. The van der Waals surface area contributed by atoms with Gasteiger partial charge in [0.15, 0.2) is 0 Å². The van der Waals surface area contributed by atoms with Crippen LogP contribution < -0.4 is 10.1 Å². The number of ether oxygens (including phenoxy) is 1. The van der Waals surface area contributed by atoms with Crippen molar-refractivity contribution in [1.82, 2.24) is 9.80 Å². The van der Waals surface area contributed by atoms with Crippen LogP contribution >= 0.6 is 11.6 Å². The van der Waals surface area contributed by atoms with Gasteiger partial charge in [-0.1, -0.05) is 29.8 Å². The first-order chi connectivity index (χ1) is 12.1. The number of nitrogens with zero attached hydrogens (tertiary/aromatic N) is 2. The molecule has 0 bridgehead atoms. The number of carbonyl (C=O) groups is 1. The fraction of sp³-hybridized carbons (Fsp3) is 0.316. The van der Waals surface area contributed by atoms with E-state index in [1.165, 1.54) is 5.56 Å². The summed E-state index contributed by atoms with van der Waals surface area (Å²) in [5.74, 6) is 0.867. The molecular weight excluding hydrogens is 338 g/mol. The van der Waals surface area contributed by atoms with Gasteiger partial charge in [-0.25, -0.2) is 4.79 Å². The normalized spacial score (nSPS) is 15.0. The number of urea groups is 1. The molecule has 132 valence electrons. The van der Waals surface area contributed by atoms with Gasteiger partial charge in [-0.3, -0.25) is 4.90 Å². The quantitative estimate of drug-likeness (QED) is 0.905. The van der Waals surface area contributed by atoms with Crippen molar-refractivity contribution in [2.45, 2.75) is 6.54 Å². The van der Waals surface area contributed by atoms with E-state index in [2.05, 4.69) is 22.3 Å². The van der Waals surface area contributed by atoms with Crippen molar-refractivity contribution in [2.24, 2.45) is 0 Å². The molecule has 25 heavy (non-hydrogen) atoms. The summed E-state index contributed by atoms with van der Waals surface area (Å²) in [5.41, 5.74) is 1.97. The molecule has 1 saturated heterocycles. The lowest BCUT2D eigenvalue weighted by atomic mass is 10.2. The molecule has 1 fully saturated rings. The third-order valence-electron chi connectivity index (χ3n) is 4.30. The third-order valence-corrected chi connectivity index (χ3v) is 4.54. The van der Waals surface area contributed by atoms with Gasteiger partial charge in [0.1, 0.15) is 5.75 Å². The highest BCUT2D eigenvalue weighted by Gasteiger charge is 2.21. The van der Waals surface area contributed by atoms with Gasteiger partial charge >= 0.3 is 6.03 Å². The minimum absolute atomic E-state index is 0.0774. The molecule has 0 spiro atoms. The maximum atomic E-state index is 12.4. The molecule has 1 aliphatic rings. The number of benzene rings is 2. The van der Waals surface area contributed by atoms with Crippen molar-refractivity contribution in [3.05, 3.63) is 59.1 Å². The van der Waals surface area contributed by atoms with E-state index >= 15 is 0 Å². The highest BCUT2D eigenvalue weighted by atomic mass is 35.5. The van der Waals surface area contributed by atoms with Crippen LogP contribution in [0, 0.1) is 0 Å². The molecule has 2 aromatic rings. The zero-order chi connectivity index (χ0) is 17.6. The van der Waals surface area contributed by atoms with Crippen LogP contribution in [0.1, 0.15) is 5.56 Å². The van der Waals surface area contributed by atoms with Gasteiger partial charge in [0, 0.05) is 43.4 Å². The summed E-state index contributed by atoms with van der Waals surface area (Å²) in [7, 11) is 1.67. The van der Waals surface area contributed by atoms with Gasteiger partial charge < -0.3 is 15.0 Å². The molecule has 1 aliphatic heterocycles. The van der Waals surface area contributed by atoms with Gasteiger partial charge in [-0.15, -0.1) is 0 Å². The largest absolute Gasteiger partial charge is 0.497 e. The maximum Gasteiger partial charge on any atom is 0.321 e. The van der Waals surface area contributed by atoms with Gasteiger partial charge in [-0.05, 0) is 35.9 Å². The van der Waals surface area contributed by atoms with E-state index in [9.17, 15) is 4.79 Å². The number of anilines is 1. The summed E-state index contributed by atoms with van der Waals surface area (Å²) >= 11 is 5.95. The Bertz CT molecular complexity index is 713. The molecule has 0 radical (unpaired) electrons. The molecule has 3 rings (SSSR count). The Morgan fingerprint density at radius 3 is 2.48 bits per heavy atom. The third kappa shape index (κ3) is 4.87. The first-order valence-corrected chi connectivity index (χ1v) is 8.68. The molecule has 6 heteroatoms. The summed E-state index contributed by atoms with van der Waals surface area (Å²) in [5, 5.41) is 3.51. The number of piperazine rings is 1. The second kappa shape index (κ2) is 8.23. The fourth-order valence-electron chi connectivity index (χ4n) is 2.87. The predicted octanol–water partition coefficient (Wildman–Crippen LogP) is 3.70. The molecule has 0 aromatic heterocycles. The van der Waals surface area contributed by atoms with Crippen LogP contribution in [0.5, 0.6) is 5.75 Å². The molecule has 0 aliphatic carbocycles. The first-order valence-electron chi connectivity index (χ1n) is 8.31. The Kier molecular flexibility index (Phi) is 5.79. The topological polar surface area (TPSA) is 44.8 Å². The minimum atomic E-state index is -0.0774. The van der Waals surface area contributed by atoms with Crippen molar-refractivity contribution < 1.29 is 9.53 Å². The number of halogens is 1. The van der Waals surface area contributed by atoms with Crippen molar-refractivity contribution in [2.75, 3.05) is 38.6 Å². The molecule has 0 atom stereocenters. The molecule has 1 heterocycles. The summed E-state index contributed by atoms with van der Waals surface area (Å²) < 4.78 is 5.18. The van der Waals surface area contributed by atoms with Crippen LogP contribution in [0.15, 0.2) is 48.5 Å². The van der Waals surface area contributed by atoms with Crippen molar-refractivity contribution >= 4 is 23.3 Å². The molecule has 0 saturated carbocycles. The molecular formula is C19H22ClN3O2. The van der Waals surface area contributed by atoms with E-state index in [1.54, 1.807) is 19.2 Å². The maximum absolute atomic E-state index is 12.4. The van der Waals surface area contributed by atoms with E-state index in [-0.39, 0.29) is 6.03 Å². The second-order valence-corrected chi connectivity index (χ2v) is 6.49. The minimum Gasteiger partial charge on any atom is -0.497 e. The van der Waals surface area contributed by atoms with Crippen molar-refractivity contribution in [3.63, 3.8) is 0 Å². The Balaban J connectivity index is 1.48. The Morgan fingerprint density at radius 1 is 1.12 bits per heavy atom. The van der Waals surface area contributed by atoms with Gasteiger partial charge in [0.25, 0.3) is 0 Å². The molecule has 2 amide bonds. The summed E-state index contributed by atoms with van der Waals surface area (Å²) in [6.45, 7) is 4.02. The first kappa shape index (κ1) is 17.6. The molecule has 1 N–H and O–H groups in total. The van der Waals surface area contributed by atoms with Crippen molar-refractivity contribution in [3.8, 4) is 5.75 Å². The van der Waals surface area contributed by atoms with E-state index in [1.807, 2.05) is 29.2 Å². The lowest BCUT2D eigenvalue weighted by Crippen LogP contribution is -2.49. The van der Waals surface area contributed by atoms with E-state index in [4.69, 9.17) is 16.3 Å². The van der Waals surface area contributed by atoms with Crippen LogP contribution in [0.2, 0.25) is 5.02 Å². The number of nitrogens with one attached hydrogen (secondary N) is 1. The van der Waals surface area contributed by atoms with Gasteiger partial charge in [-0.2, -0.15) is 0 Å². The lowest BCUT2D eigenvalue weighted by Gasteiger charge is -2.34. The van der Waals surface area contributed by atoms with Gasteiger partial charge in [0.05, 0.1) is 7.11 Å². The summed E-state index contributed by atoms with van der Waals surface area (Å²) in [4.78, 5) is 16.5. The van der Waals surface area contributed by atoms with Crippen LogP contribution in [-0.4, -0.2) is 49.1 Å². The second-order valence-electron chi connectivity index (χ2n) is 6.05. The average molecular weight is 360 g/mol. The summed E-state index contributed by atoms with van der Waals surface area (Å²) in [6.07, 6.45) is 0. The monoisotopic (exact) mass is 359 g/mol. The smallest absolute Gasteiger partial charge is 0.321 e. The number of methoxy groups -OCH3 is 1. The highest BCUT2D eigenvalue weighted by Crippen LogP contribution is 2.17. The Hall–Kier alpha value is -2.24. The molecule has 0 unspecified atom stereocenters. The average Bonchev–Trinajstić information content (AvgIpc) is 2.63. The summed E-state index contributed by atoms with van der Waals surface area (Å²) in [6, 6.07) is 15.2. The lowest BCUT2D eigenvalue weighted by molar-refractivity contribution is 0.143. The van der Waals surface area contributed by atoms with Gasteiger partial charge in [0.2, 0.25) is 0 Å². The Morgan fingerprint density at radius 2 is 1.84 bits per heavy atom. The molecule has 5 nitrogen and oxygen atoms in total. The Labute approximate surface area is 153 Å². The standard InChI is InChI=1S/C19H22ClN3O2/c1-25-18-7-5-15(6-8-18)14-22-9-11-23(12-10-22)19(24)21-17-4-2-3-16(20)13-17/h2-8,13H,9-12,14H2,1H3,(H,21,24). The predicted molar refractivity (Wildman–Crippen MR) is 100 cm³/mol. The van der Waals surface area contributed by atoms with Crippen LogP contribution in [0.3, 0.4) is 0 Å². The number of carbonyl (C=O) groups excluding carboxylic acids is 1. The van der Waals surface area contributed by atoms with E-state index < -0.39 is 0 Å². The fourth-order valence-corrected chi connectivity index (χ4v) is 3.06. The molecule has 2 aromatic carbocycles. The van der Waals surface area contributed by atoms with Crippen LogP contribution in [0.25, 0.3) is 0 Å². The van der Waals surface area contributed by atoms with E-state index in [0.29, 0.717) is 18.1 Å². The SMILES string of the molecule is COc1ccc(CN2CCN(C(=O)Nc3cccc(Cl)c3)CC2)cc1.